The molecule has 1 aromatic carbocycles. The quantitative estimate of drug-likeness (QED) is 0.924. The largest absolute Gasteiger partial charge is 0.496 e. The number of para-hydroxylation sites is 1. The predicted molar refractivity (Wildman–Crippen MR) is 74.9 cm³/mol. The van der Waals surface area contributed by atoms with Gasteiger partial charge in [0.15, 0.2) is 5.82 Å². The van der Waals surface area contributed by atoms with E-state index >= 15 is 0 Å². The van der Waals surface area contributed by atoms with Crippen molar-refractivity contribution in [3.8, 4) is 5.75 Å². The van der Waals surface area contributed by atoms with E-state index in [0.29, 0.717) is 24.2 Å². The molecule has 0 radical (unpaired) electrons. The number of methoxy groups -OCH3 is 1. The molecule has 0 bridgehead atoms. The van der Waals surface area contributed by atoms with E-state index in [2.05, 4.69) is 22.4 Å². The third kappa shape index (κ3) is 2.54. The monoisotopic (exact) mass is 273 g/mol. The topological polar surface area (TPSA) is 60.2 Å². The van der Waals surface area contributed by atoms with Crippen LogP contribution in [0.1, 0.15) is 36.5 Å². The van der Waals surface area contributed by atoms with E-state index in [1.165, 1.54) is 0 Å². The summed E-state index contributed by atoms with van der Waals surface area (Å²) in [6.07, 6.45) is 1.68. The number of nitrogens with one attached hydrogen (secondary N) is 1. The average Bonchev–Trinajstić information content (AvgIpc) is 3.08. The molecule has 5 nitrogen and oxygen atoms in total. The number of ether oxygens (including phenoxy) is 1. The normalized spacial score (nSPS) is 22.1. The number of nitrogens with zero attached hydrogens (tertiary/aromatic N) is 2. The lowest BCUT2D eigenvalue weighted by atomic mass is 10.0. The van der Waals surface area contributed by atoms with Crippen LogP contribution in [0.15, 0.2) is 28.8 Å². The SMILES string of the molecule is COc1ccccc1Cc1noc(C2CCNC2C)n1. The first-order valence-corrected chi connectivity index (χ1v) is 6.95. The Kier molecular flexibility index (Phi) is 3.69. The van der Waals surface area contributed by atoms with Crippen LogP contribution < -0.4 is 10.1 Å². The Hall–Kier alpha value is -1.88. The minimum absolute atomic E-state index is 0.328. The molecule has 2 heterocycles. The summed E-state index contributed by atoms with van der Waals surface area (Å²) in [4.78, 5) is 4.54. The highest BCUT2D eigenvalue weighted by atomic mass is 16.5. The van der Waals surface area contributed by atoms with Gasteiger partial charge in [0.1, 0.15) is 5.75 Å². The summed E-state index contributed by atoms with van der Waals surface area (Å²) in [6, 6.07) is 8.31. The molecule has 1 N–H and O–H groups in total. The van der Waals surface area contributed by atoms with Gasteiger partial charge in [0.25, 0.3) is 0 Å². The van der Waals surface area contributed by atoms with Gasteiger partial charge in [0.05, 0.1) is 13.0 Å². The Morgan fingerprint density at radius 1 is 1.40 bits per heavy atom. The van der Waals surface area contributed by atoms with Crippen molar-refractivity contribution >= 4 is 0 Å². The highest BCUT2D eigenvalue weighted by Crippen LogP contribution is 2.27. The van der Waals surface area contributed by atoms with E-state index in [1.54, 1.807) is 7.11 Å². The summed E-state index contributed by atoms with van der Waals surface area (Å²) >= 11 is 0. The van der Waals surface area contributed by atoms with Crippen molar-refractivity contribution in [1.29, 1.82) is 0 Å². The zero-order chi connectivity index (χ0) is 13.9. The van der Waals surface area contributed by atoms with E-state index < -0.39 is 0 Å². The molecule has 2 unspecified atom stereocenters. The van der Waals surface area contributed by atoms with Crippen molar-refractivity contribution in [3.63, 3.8) is 0 Å². The van der Waals surface area contributed by atoms with Crippen LogP contribution in [0.5, 0.6) is 5.75 Å². The molecule has 1 saturated heterocycles. The fourth-order valence-electron chi connectivity index (χ4n) is 2.71. The van der Waals surface area contributed by atoms with Gasteiger partial charge in [-0.25, -0.2) is 0 Å². The molecule has 0 spiro atoms. The summed E-state index contributed by atoms with van der Waals surface area (Å²) in [5.74, 6) is 2.64. The van der Waals surface area contributed by atoms with Crippen molar-refractivity contribution in [2.24, 2.45) is 0 Å². The number of benzene rings is 1. The zero-order valence-electron chi connectivity index (χ0n) is 11.8. The van der Waals surface area contributed by atoms with Gasteiger partial charge >= 0.3 is 0 Å². The summed E-state index contributed by atoms with van der Waals surface area (Å²) in [5, 5.41) is 7.49. The van der Waals surface area contributed by atoms with Gasteiger partial charge in [-0.3, -0.25) is 0 Å². The Morgan fingerprint density at radius 3 is 3.00 bits per heavy atom. The van der Waals surface area contributed by atoms with Crippen LogP contribution in [-0.2, 0) is 6.42 Å². The van der Waals surface area contributed by atoms with Crippen molar-refractivity contribution < 1.29 is 9.26 Å². The van der Waals surface area contributed by atoms with E-state index in [9.17, 15) is 0 Å². The lowest BCUT2D eigenvalue weighted by Crippen LogP contribution is -2.21. The summed E-state index contributed by atoms with van der Waals surface area (Å²) in [5.41, 5.74) is 1.07. The van der Waals surface area contributed by atoms with Crippen molar-refractivity contribution in [3.05, 3.63) is 41.5 Å². The number of rotatable bonds is 4. The number of hydrogen-bond acceptors (Lipinski definition) is 5. The highest BCUT2D eigenvalue weighted by molar-refractivity contribution is 5.35. The van der Waals surface area contributed by atoms with E-state index in [-0.39, 0.29) is 0 Å². The maximum Gasteiger partial charge on any atom is 0.231 e. The van der Waals surface area contributed by atoms with Crippen molar-refractivity contribution in [1.82, 2.24) is 15.5 Å². The van der Waals surface area contributed by atoms with Gasteiger partial charge in [-0.05, 0) is 26.0 Å². The molecular weight excluding hydrogens is 254 g/mol. The van der Waals surface area contributed by atoms with Crippen LogP contribution in [0, 0.1) is 0 Å². The van der Waals surface area contributed by atoms with Gasteiger partial charge in [0.2, 0.25) is 5.89 Å². The first-order valence-electron chi connectivity index (χ1n) is 6.95. The van der Waals surface area contributed by atoms with E-state index in [4.69, 9.17) is 9.26 Å². The molecule has 1 fully saturated rings. The second-order valence-electron chi connectivity index (χ2n) is 5.18. The molecular formula is C15H19N3O2. The Morgan fingerprint density at radius 2 is 2.25 bits per heavy atom. The second kappa shape index (κ2) is 5.63. The summed E-state index contributed by atoms with van der Waals surface area (Å²) in [6.45, 7) is 3.16. The fourth-order valence-corrected chi connectivity index (χ4v) is 2.71. The number of aromatic nitrogens is 2. The zero-order valence-corrected chi connectivity index (χ0v) is 11.8. The molecule has 1 aromatic heterocycles. The van der Waals surface area contributed by atoms with Crippen LogP contribution >= 0.6 is 0 Å². The van der Waals surface area contributed by atoms with Gasteiger partial charge in [-0.2, -0.15) is 4.98 Å². The maximum atomic E-state index is 5.42. The lowest BCUT2D eigenvalue weighted by Gasteiger charge is -2.08. The minimum atomic E-state index is 0.328. The van der Waals surface area contributed by atoms with Crippen LogP contribution in [0.25, 0.3) is 0 Å². The van der Waals surface area contributed by atoms with E-state index in [0.717, 1.165) is 30.2 Å². The predicted octanol–water partition coefficient (Wildman–Crippen LogP) is 2.13. The molecule has 0 amide bonds. The Balaban J connectivity index is 1.77. The third-order valence-corrected chi connectivity index (χ3v) is 3.87. The van der Waals surface area contributed by atoms with E-state index in [1.807, 2.05) is 24.3 Å². The first-order chi connectivity index (χ1) is 9.78. The molecule has 1 aliphatic heterocycles. The fraction of sp³-hybridized carbons (Fsp3) is 0.467. The highest BCUT2D eigenvalue weighted by Gasteiger charge is 2.29. The summed E-state index contributed by atoms with van der Waals surface area (Å²) in [7, 11) is 1.67. The molecule has 3 rings (SSSR count). The van der Waals surface area contributed by atoms with Crippen LogP contribution in [0.3, 0.4) is 0 Å². The number of hydrogen-bond donors (Lipinski definition) is 1. The third-order valence-electron chi connectivity index (χ3n) is 3.87. The van der Waals surface area contributed by atoms with Crippen molar-refractivity contribution in [2.75, 3.05) is 13.7 Å². The molecule has 106 valence electrons. The molecule has 2 atom stereocenters. The smallest absolute Gasteiger partial charge is 0.231 e. The Bertz CT molecular complexity index is 582. The molecule has 0 saturated carbocycles. The standard InChI is InChI=1S/C15H19N3O2/c1-10-12(7-8-16-10)15-17-14(18-20-15)9-11-5-3-4-6-13(11)19-2/h3-6,10,12,16H,7-9H2,1-2H3. The van der Waals surface area contributed by atoms with Gasteiger partial charge in [-0.15, -0.1) is 0 Å². The second-order valence-corrected chi connectivity index (χ2v) is 5.18. The minimum Gasteiger partial charge on any atom is -0.496 e. The van der Waals surface area contributed by atoms with Gasteiger partial charge < -0.3 is 14.6 Å². The molecule has 1 aliphatic rings. The van der Waals surface area contributed by atoms with Crippen LogP contribution in [0.4, 0.5) is 0 Å². The molecule has 5 heteroatoms. The molecule has 0 aliphatic carbocycles. The molecule has 2 aromatic rings. The van der Waals surface area contributed by atoms with Crippen LogP contribution in [0.2, 0.25) is 0 Å². The summed E-state index contributed by atoms with van der Waals surface area (Å²) < 4.78 is 10.8. The average molecular weight is 273 g/mol. The van der Waals surface area contributed by atoms with Crippen LogP contribution in [-0.4, -0.2) is 29.8 Å². The molecule has 20 heavy (non-hydrogen) atoms. The van der Waals surface area contributed by atoms with Gasteiger partial charge in [0, 0.05) is 18.0 Å². The lowest BCUT2D eigenvalue weighted by molar-refractivity contribution is 0.342. The van der Waals surface area contributed by atoms with Crippen molar-refractivity contribution in [2.45, 2.75) is 31.7 Å². The van der Waals surface area contributed by atoms with Gasteiger partial charge in [-0.1, -0.05) is 23.4 Å². The maximum absolute atomic E-state index is 5.42. The first kappa shape index (κ1) is 13.1. The Labute approximate surface area is 118 Å².